The summed E-state index contributed by atoms with van der Waals surface area (Å²) in [5.41, 5.74) is 0. The molecule has 0 spiro atoms. The lowest BCUT2D eigenvalue weighted by atomic mass is 10.0. The highest BCUT2D eigenvalue weighted by Crippen LogP contribution is 2.23. The van der Waals surface area contributed by atoms with E-state index in [-0.39, 0.29) is 4.90 Å². The third-order valence-corrected chi connectivity index (χ3v) is 5.23. The van der Waals surface area contributed by atoms with Gasteiger partial charge in [0.1, 0.15) is 10.7 Å². The van der Waals surface area contributed by atoms with Crippen molar-refractivity contribution in [2.24, 2.45) is 5.92 Å². The van der Waals surface area contributed by atoms with Gasteiger partial charge in [0, 0.05) is 37.0 Å². The lowest BCUT2D eigenvalue weighted by molar-refractivity contribution is 0.0678. The molecule has 2 heterocycles. The van der Waals surface area contributed by atoms with Crippen LogP contribution >= 0.6 is 15.9 Å². The van der Waals surface area contributed by atoms with Crippen LogP contribution in [0, 0.1) is 5.92 Å². The highest BCUT2D eigenvalue weighted by atomic mass is 79.9. The molecule has 0 unspecified atom stereocenters. The Morgan fingerprint density at radius 2 is 2.14 bits per heavy atom. The van der Waals surface area contributed by atoms with E-state index in [0.717, 1.165) is 12.8 Å². The molecule has 0 bridgehead atoms. The average molecular weight is 378 g/mol. The number of pyridine rings is 1. The summed E-state index contributed by atoms with van der Waals surface area (Å²) in [5, 5.41) is 2.98. The number of ether oxygens (including phenoxy) is 1. The zero-order valence-electron chi connectivity index (χ0n) is 11.9. The third-order valence-electron chi connectivity index (χ3n) is 3.36. The largest absolute Gasteiger partial charge is 0.381 e. The molecule has 2 N–H and O–H groups in total. The number of aromatic nitrogens is 1. The fourth-order valence-corrected chi connectivity index (χ4v) is 3.94. The Morgan fingerprint density at radius 3 is 2.81 bits per heavy atom. The van der Waals surface area contributed by atoms with E-state index in [9.17, 15) is 8.42 Å². The van der Waals surface area contributed by atoms with Crippen LogP contribution in [-0.2, 0) is 14.8 Å². The first kappa shape index (κ1) is 16.7. The number of hydrogen-bond acceptors (Lipinski definition) is 5. The minimum absolute atomic E-state index is 0.172. The predicted octanol–water partition coefficient (Wildman–Crippen LogP) is 1.98. The van der Waals surface area contributed by atoms with E-state index < -0.39 is 10.0 Å². The quantitative estimate of drug-likeness (QED) is 0.791. The van der Waals surface area contributed by atoms with Crippen LogP contribution < -0.4 is 10.0 Å². The fraction of sp³-hybridized carbons (Fsp3) is 0.615. The first-order valence-electron chi connectivity index (χ1n) is 6.99. The Kier molecular flexibility index (Phi) is 5.98. The molecule has 0 aromatic carbocycles. The van der Waals surface area contributed by atoms with Crippen molar-refractivity contribution in [2.45, 2.75) is 24.7 Å². The van der Waals surface area contributed by atoms with E-state index in [2.05, 4.69) is 31.0 Å². The fourth-order valence-electron chi connectivity index (χ4n) is 2.18. The van der Waals surface area contributed by atoms with Crippen molar-refractivity contribution in [3.05, 3.63) is 16.7 Å². The Hall–Kier alpha value is -0.700. The standard InChI is InChI=1S/C13H20BrN3O3S/c1-2-15-13-12(7-11(14)9-16-13)21(18,19)17-8-10-3-5-20-6-4-10/h7,9-10,17H,2-6,8H2,1H3,(H,15,16). The highest BCUT2D eigenvalue weighted by molar-refractivity contribution is 9.10. The number of nitrogens with one attached hydrogen (secondary N) is 2. The topological polar surface area (TPSA) is 80.3 Å². The monoisotopic (exact) mass is 377 g/mol. The summed E-state index contributed by atoms with van der Waals surface area (Å²) in [5.74, 6) is 0.705. The van der Waals surface area contributed by atoms with Crippen LogP contribution in [0.25, 0.3) is 0 Å². The van der Waals surface area contributed by atoms with Gasteiger partial charge in [0.15, 0.2) is 0 Å². The maximum atomic E-state index is 12.5. The van der Waals surface area contributed by atoms with Gasteiger partial charge in [0.25, 0.3) is 0 Å². The van der Waals surface area contributed by atoms with Crippen molar-refractivity contribution in [3.8, 4) is 0 Å². The molecule has 0 amide bonds. The van der Waals surface area contributed by atoms with Gasteiger partial charge < -0.3 is 10.1 Å². The maximum Gasteiger partial charge on any atom is 0.244 e. The van der Waals surface area contributed by atoms with Crippen LogP contribution in [0.1, 0.15) is 19.8 Å². The molecule has 0 saturated carbocycles. The van der Waals surface area contributed by atoms with Gasteiger partial charge in [-0.3, -0.25) is 0 Å². The van der Waals surface area contributed by atoms with Crippen molar-refractivity contribution < 1.29 is 13.2 Å². The van der Waals surface area contributed by atoms with Gasteiger partial charge >= 0.3 is 0 Å². The average Bonchev–Trinajstić information content (AvgIpc) is 2.48. The Labute approximate surface area is 133 Å². The molecule has 118 valence electrons. The zero-order chi connectivity index (χ0) is 15.3. The predicted molar refractivity (Wildman–Crippen MR) is 84.8 cm³/mol. The van der Waals surface area contributed by atoms with E-state index in [4.69, 9.17) is 4.74 Å². The number of anilines is 1. The van der Waals surface area contributed by atoms with E-state index in [0.29, 0.717) is 42.5 Å². The van der Waals surface area contributed by atoms with Gasteiger partial charge in [-0.25, -0.2) is 18.1 Å². The van der Waals surface area contributed by atoms with Crippen LogP contribution in [-0.4, -0.2) is 39.7 Å². The van der Waals surface area contributed by atoms with Crippen molar-refractivity contribution in [1.82, 2.24) is 9.71 Å². The highest BCUT2D eigenvalue weighted by Gasteiger charge is 2.22. The molecular formula is C13H20BrN3O3S. The third kappa shape index (κ3) is 4.64. The minimum Gasteiger partial charge on any atom is -0.381 e. The SMILES string of the molecule is CCNc1ncc(Br)cc1S(=O)(=O)NCC1CCOCC1. The van der Waals surface area contributed by atoms with Crippen molar-refractivity contribution in [1.29, 1.82) is 0 Å². The molecule has 21 heavy (non-hydrogen) atoms. The molecule has 0 aliphatic carbocycles. The molecule has 6 nitrogen and oxygen atoms in total. The summed E-state index contributed by atoms with van der Waals surface area (Å²) in [4.78, 5) is 4.30. The number of rotatable bonds is 6. The second kappa shape index (κ2) is 7.53. The van der Waals surface area contributed by atoms with Crippen molar-refractivity contribution in [2.75, 3.05) is 31.6 Å². The number of hydrogen-bond donors (Lipinski definition) is 2. The molecule has 2 rings (SSSR count). The number of nitrogens with zero attached hydrogens (tertiary/aromatic N) is 1. The minimum atomic E-state index is -3.58. The Bertz CT molecular complexity index is 574. The molecule has 0 atom stereocenters. The molecule has 8 heteroatoms. The van der Waals surface area contributed by atoms with E-state index in [1.807, 2.05) is 6.92 Å². The van der Waals surface area contributed by atoms with E-state index >= 15 is 0 Å². The van der Waals surface area contributed by atoms with Crippen molar-refractivity contribution in [3.63, 3.8) is 0 Å². The second-order valence-electron chi connectivity index (χ2n) is 4.94. The molecule has 1 aromatic rings. The van der Waals surface area contributed by atoms with Crippen LogP contribution in [0.4, 0.5) is 5.82 Å². The van der Waals surface area contributed by atoms with Crippen LogP contribution in [0.2, 0.25) is 0 Å². The van der Waals surface area contributed by atoms with Gasteiger partial charge in [-0.15, -0.1) is 0 Å². The summed E-state index contributed by atoms with van der Waals surface area (Å²) in [6.07, 6.45) is 3.36. The summed E-state index contributed by atoms with van der Waals surface area (Å²) in [6, 6.07) is 1.57. The van der Waals surface area contributed by atoms with Gasteiger partial charge in [0.05, 0.1) is 0 Å². The van der Waals surface area contributed by atoms with Gasteiger partial charge in [0.2, 0.25) is 10.0 Å². The molecule has 1 fully saturated rings. The number of halogens is 1. The molecule has 1 aliphatic rings. The summed E-state index contributed by atoms with van der Waals surface area (Å²) in [7, 11) is -3.58. The maximum absolute atomic E-state index is 12.5. The normalized spacial score (nSPS) is 16.9. The summed E-state index contributed by atoms with van der Waals surface area (Å²) < 4.78 is 33.6. The zero-order valence-corrected chi connectivity index (χ0v) is 14.3. The molecular weight excluding hydrogens is 358 g/mol. The molecule has 0 radical (unpaired) electrons. The lowest BCUT2D eigenvalue weighted by Gasteiger charge is -2.22. The molecule has 1 aromatic heterocycles. The van der Waals surface area contributed by atoms with Gasteiger partial charge in [-0.2, -0.15) is 0 Å². The van der Waals surface area contributed by atoms with E-state index in [1.54, 1.807) is 12.3 Å². The van der Waals surface area contributed by atoms with Gasteiger partial charge in [-0.05, 0) is 47.7 Å². The van der Waals surface area contributed by atoms with Crippen LogP contribution in [0.3, 0.4) is 0 Å². The van der Waals surface area contributed by atoms with Crippen LogP contribution in [0.5, 0.6) is 0 Å². The Morgan fingerprint density at radius 1 is 1.43 bits per heavy atom. The molecule has 1 aliphatic heterocycles. The smallest absolute Gasteiger partial charge is 0.244 e. The first-order chi connectivity index (χ1) is 10.0. The summed E-state index contributed by atoms with van der Waals surface area (Å²) in [6.45, 7) is 4.34. The summed E-state index contributed by atoms with van der Waals surface area (Å²) >= 11 is 3.27. The first-order valence-corrected chi connectivity index (χ1v) is 9.27. The van der Waals surface area contributed by atoms with Gasteiger partial charge in [-0.1, -0.05) is 0 Å². The lowest BCUT2D eigenvalue weighted by Crippen LogP contribution is -2.32. The van der Waals surface area contributed by atoms with Crippen molar-refractivity contribution >= 4 is 31.8 Å². The van der Waals surface area contributed by atoms with Crippen LogP contribution in [0.15, 0.2) is 21.6 Å². The molecule has 1 saturated heterocycles. The van der Waals surface area contributed by atoms with E-state index in [1.165, 1.54) is 0 Å². The Balaban J connectivity index is 2.12. The number of sulfonamides is 1. The second-order valence-corrected chi connectivity index (χ2v) is 7.59.